The fourth-order valence-corrected chi connectivity index (χ4v) is 0.952. The Hall–Kier alpha value is -1.17. The van der Waals surface area contributed by atoms with Crippen LogP contribution in [0.25, 0.3) is 0 Å². The van der Waals surface area contributed by atoms with Crippen molar-refractivity contribution >= 4 is 29.0 Å². The number of thiocarbonyl (C=S) groups is 1. The first-order valence-corrected chi connectivity index (χ1v) is 5.89. The molecule has 5 nitrogen and oxygen atoms in total. The summed E-state index contributed by atoms with van der Waals surface area (Å²) in [6, 6.07) is 0. The zero-order valence-corrected chi connectivity index (χ0v) is 11.6. The normalized spacial score (nSPS) is 12.7. The average molecular weight is 259 g/mol. The highest BCUT2D eigenvalue weighted by Gasteiger charge is 2.21. The Balaban J connectivity index is 4.02. The molecule has 6 heteroatoms. The number of carbonyl (C=O) groups is 2. The number of carbonyl (C=O) groups excluding carboxylic acids is 2. The molecule has 0 saturated carbocycles. The van der Waals surface area contributed by atoms with E-state index in [9.17, 15) is 9.59 Å². The topological polar surface area (TPSA) is 84.2 Å². The van der Waals surface area contributed by atoms with Crippen LogP contribution in [0.1, 0.15) is 27.7 Å². The Morgan fingerprint density at radius 3 is 2.12 bits per heavy atom. The standard InChI is InChI=1S/C11H21N3O2S/c1-7(11(2,3)4)5-13-9(15)10(16)14-6-8(12)17/h7H,5-6H2,1-4H3,(H2,12,17)(H,13,15)(H,14,16). The van der Waals surface area contributed by atoms with Gasteiger partial charge in [0.15, 0.2) is 0 Å². The summed E-state index contributed by atoms with van der Waals surface area (Å²) in [5, 5.41) is 4.90. The van der Waals surface area contributed by atoms with Crippen molar-refractivity contribution in [2.75, 3.05) is 13.1 Å². The molecule has 0 saturated heterocycles. The molecule has 17 heavy (non-hydrogen) atoms. The molecule has 0 rings (SSSR count). The lowest BCUT2D eigenvalue weighted by atomic mass is 9.82. The number of hydrogen-bond acceptors (Lipinski definition) is 3. The molecule has 0 aromatic heterocycles. The molecule has 1 atom stereocenters. The minimum absolute atomic E-state index is 0.0381. The van der Waals surface area contributed by atoms with Gasteiger partial charge in [-0.1, -0.05) is 39.9 Å². The quantitative estimate of drug-likeness (QED) is 0.497. The molecule has 0 heterocycles. The van der Waals surface area contributed by atoms with Crippen LogP contribution in [0.4, 0.5) is 0 Å². The third-order valence-electron chi connectivity index (χ3n) is 2.68. The molecule has 0 aromatic carbocycles. The molecule has 2 amide bonds. The van der Waals surface area contributed by atoms with Crippen LogP contribution < -0.4 is 16.4 Å². The Kier molecular flexibility index (Phi) is 6.09. The second kappa shape index (κ2) is 6.54. The summed E-state index contributed by atoms with van der Waals surface area (Å²) < 4.78 is 0. The summed E-state index contributed by atoms with van der Waals surface area (Å²) in [6.07, 6.45) is 0. The van der Waals surface area contributed by atoms with E-state index in [0.29, 0.717) is 6.54 Å². The zero-order valence-electron chi connectivity index (χ0n) is 10.8. The first-order chi connectivity index (χ1) is 7.64. The van der Waals surface area contributed by atoms with Crippen LogP contribution in [0, 0.1) is 11.3 Å². The molecule has 0 bridgehead atoms. The Bertz CT molecular complexity index is 310. The van der Waals surface area contributed by atoms with Crippen molar-refractivity contribution in [1.82, 2.24) is 10.6 Å². The van der Waals surface area contributed by atoms with Crippen LogP contribution in [0.15, 0.2) is 0 Å². The van der Waals surface area contributed by atoms with Crippen molar-refractivity contribution in [3.63, 3.8) is 0 Å². The summed E-state index contributed by atoms with van der Waals surface area (Å²) in [5.41, 5.74) is 5.29. The number of nitrogens with one attached hydrogen (secondary N) is 2. The van der Waals surface area contributed by atoms with Gasteiger partial charge in [0, 0.05) is 6.54 Å². The van der Waals surface area contributed by atoms with E-state index in [1.54, 1.807) is 0 Å². The van der Waals surface area contributed by atoms with Gasteiger partial charge in [-0.2, -0.15) is 0 Å². The van der Waals surface area contributed by atoms with Gasteiger partial charge in [0.2, 0.25) is 0 Å². The van der Waals surface area contributed by atoms with Gasteiger partial charge < -0.3 is 16.4 Å². The summed E-state index contributed by atoms with van der Waals surface area (Å²) in [7, 11) is 0. The van der Waals surface area contributed by atoms with Gasteiger partial charge in [-0.05, 0) is 11.3 Å². The van der Waals surface area contributed by atoms with Gasteiger partial charge in [-0.3, -0.25) is 9.59 Å². The molecule has 0 aliphatic rings. The van der Waals surface area contributed by atoms with Crippen molar-refractivity contribution in [1.29, 1.82) is 0 Å². The largest absolute Gasteiger partial charge is 0.392 e. The molecule has 0 radical (unpaired) electrons. The van der Waals surface area contributed by atoms with Crippen LogP contribution >= 0.6 is 12.2 Å². The van der Waals surface area contributed by atoms with Crippen molar-refractivity contribution in [3.05, 3.63) is 0 Å². The maximum absolute atomic E-state index is 11.4. The fourth-order valence-electron chi connectivity index (χ4n) is 0.880. The molecule has 0 aliphatic heterocycles. The van der Waals surface area contributed by atoms with E-state index in [1.807, 2.05) is 6.92 Å². The van der Waals surface area contributed by atoms with Crippen LogP contribution in [0.5, 0.6) is 0 Å². The second-order valence-corrected chi connectivity index (χ2v) is 5.65. The summed E-state index contributed by atoms with van der Waals surface area (Å²) in [6.45, 7) is 8.76. The van der Waals surface area contributed by atoms with E-state index in [2.05, 4.69) is 43.6 Å². The minimum atomic E-state index is -0.709. The molecule has 0 aromatic rings. The van der Waals surface area contributed by atoms with E-state index < -0.39 is 11.8 Å². The minimum Gasteiger partial charge on any atom is -0.392 e. The number of hydrogen-bond donors (Lipinski definition) is 3. The van der Waals surface area contributed by atoms with E-state index in [1.165, 1.54) is 0 Å². The van der Waals surface area contributed by atoms with Gasteiger partial charge in [-0.15, -0.1) is 0 Å². The lowest BCUT2D eigenvalue weighted by Crippen LogP contribution is -2.44. The highest BCUT2D eigenvalue weighted by atomic mass is 32.1. The molecule has 98 valence electrons. The third kappa shape index (κ3) is 6.88. The second-order valence-electron chi connectivity index (χ2n) is 5.13. The van der Waals surface area contributed by atoms with E-state index >= 15 is 0 Å². The monoisotopic (exact) mass is 259 g/mol. The zero-order chi connectivity index (χ0) is 13.6. The average Bonchev–Trinajstić information content (AvgIpc) is 2.20. The van der Waals surface area contributed by atoms with Gasteiger partial charge in [-0.25, -0.2) is 0 Å². The maximum Gasteiger partial charge on any atom is 0.309 e. The molecule has 1 unspecified atom stereocenters. The fraction of sp³-hybridized carbons (Fsp3) is 0.727. The summed E-state index contributed by atoms with van der Waals surface area (Å²) in [5.74, 6) is -1.09. The lowest BCUT2D eigenvalue weighted by molar-refractivity contribution is -0.139. The Labute approximate surface area is 108 Å². The predicted molar refractivity (Wildman–Crippen MR) is 71.4 cm³/mol. The smallest absolute Gasteiger partial charge is 0.309 e. The van der Waals surface area contributed by atoms with Gasteiger partial charge in [0.1, 0.15) is 0 Å². The van der Waals surface area contributed by atoms with E-state index in [0.717, 1.165) is 0 Å². The molecule has 0 fully saturated rings. The third-order valence-corrected chi connectivity index (χ3v) is 2.82. The first-order valence-electron chi connectivity index (χ1n) is 5.49. The molecule has 4 N–H and O–H groups in total. The van der Waals surface area contributed by atoms with E-state index in [-0.39, 0.29) is 22.9 Å². The number of nitrogens with two attached hydrogens (primary N) is 1. The molecule has 0 spiro atoms. The lowest BCUT2D eigenvalue weighted by Gasteiger charge is -2.27. The SMILES string of the molecule is CC(CNC(=O)C(=O)NCC(N)=S)C(C)(C)C. The van der Waals surface area contributed by atoms with Crippen molar-refractivity contribution in [3.8, 4) is 0 Å². The maximum atomic E-state index is 11.4. The van der Waals surface area contributed by atoms with Crippen molar-refractivity contribution < 1.29 is 9.59 Å². The number of rotatable bonds is 4. The molecular weight excluding hydrogens is 238 g/mol. The van der Waals surface area contributed by atoms with Gasteiger partial charge >= 0.3 is 11.8 Å². The van der Waals surface area contributed by atoms with Crippen molar-refractivity contribution in [2.24, 2.45) is 17.1 Å². The van der Waals surface area contributed by atoms with Gasteiger partial charge in [0.25, 0.3) is 0 Å². The highest BCUT2D eigenvalue weighted by molar-refractivity contribution is 7.80. The molecular formula is C11H21N3O2S. The molecule has 0 aliphatic carbocycles. The van der Waals surface area contributed by atoms with E-state index in [4.69, 9.17) is 5.73 Å². The van der Waals surface area contributed by atoms with Crippen LogP contribution in [0.3, 0.4) is 0 Å². The van der Waals surface area contributed by atoms with Crippen LogP contribution in [-0.2, 0) is 9.59 Å². The first kappa shape index (κ1) is 15.8. The van der Waals surface area contributed by atoms with Gasteiger partial charge in [0.05, 0.1) is 11.5 Å². The summed E-state index contributed by atoms with van der Waals surface area (Å²) in [4.78, 5) is 22.8. The summed E-state index contributed by atoms with van der Waals surface area (Å²) >= 11 is 4.59. The van der Waals surface area contributed by atoms with Crippen LogP contribution in [-0.4, -0.2) is 29.9 Å². The number of amides is 2. The Morgan fingerprint density at radius 2 is 1.71 bits per heavy atom. The predicted octanol–water partition coefficient (Wildman–Crippen LogP) is 0.187. The van der Waals surface area contributed by atoms with Crippen LogP contribution in [0.2, 0.25) is 0 Å². The Morgan fingerprint density at radius 1 is 1.24 bits per heavy atom. The van der Waals surface area contributed by atoms with Crippen molar-refractivity contribution in [2.45, 2.75) is 27.7 Å². The highest BCUT2D eigenvalue weighted by Crippen LogP contribution is 2.24.